The molecule has 2 aromatic rings. The van der Waals surface area contributed by atoms with Crippen molar-refractivity contribution in [2.45, 2.75) is 26.7 Å². The van der Waals surface area contributed by atoms with Gasteiger partial charge in [-0.2, -0.15) is 4.98 Å². The van der Waals surface area contributed by atoms with Crippen LogP contribution in [0.1, 0.15) is 26.7 Å². The molecule has 2 rings (SSSR count). The van der Waals surface area contributed by atoms with Crippen molar-refractivity contribution in [3.8, 4) is 0 Å². The van der Waals surface area contributed by atoms with Crippen LogP contribution < -0.4 is 15.5 Å². The van der Waals surface area contributed by atoms with Crippen LogP contribution in [-0.2, 0) is 4.79 Å². The zero-order valence-electron chi connectivity index (χ0n) is 13.8. The van der Waals surface area contributed by atoms with Crippen LogP contribution in [0.4, 0.5) is 23.1 Å². The number of hydrogen-bond donors (Lipinski definition) is 2. The Bertz CT molecular complexity index is 642. The Labute approximate surface area is 137 Å². The summed E-state index contributed by atoms with van der Waals surface area (Å²) in [5.74, 6) is 1.36. The zero-order chi connectivity index (χ0) is 16.7. The van der Waals surface area contributed by atoms with Crippen LogP contribution in [0.5, 0.6) is 0 Å². The molecule has 6 nitrogen and oxygen atoms in total. The summed E-state index contributed by atoms with van der Waals surface area (Å²) < 4.78 is 0. The molecule has 23 heavy (non-hydrogen) atoms. The topological polar surface area (TPSA) is 70.2 Å². The minimum Gasteiger partial charge on any atom is -0.360 e. The largest absolute Gasteiger partial charge is 0.360 e. The van der Waals surface area contributed by atoms with Gasteiger partial charge in [0.15, 0.2) is 0 Å². The van der Waals surface area contributed by atoms with Crippen LogP contribution in [0.3, 0.4) is 0 Å². The fourth-order valence-corrected chi connectivity index (χ4v) is 2.10. The van der Waals surface area contributed by atoms with E-state index in [4.69, 9.17) is 0 Å². The fraction of sp³-hybridized carbons (Fsp3) is 0.353. The molecule has 122 valence electrons. The van der Waals surface area contributed by atoms with Gasteiger partial charge < -0.3 is 15.5 Å². The first-order valence-electron chi connectivity index (χ1n) is 7.77. The van der Waals surface area contributed by atoms with E-state index in [0.29, 0.717) is 5.95 Å². The summed E-state index contributed by atoms with van der Waals surface area (Å²) in [4.78, 5) is 21.9. The van der Waals surface area contributed by atoms with E-state index in [0.717, 1.165) is 36.6 Å². The van der Waals surface area contributed by atoms with Gasteiger partial charge >= 0.3 is 0 Å². The van der Waals surface area contributed by atoms with Crippen LogP contribution in [0.15, 0.2) is 36.5 Å². The van der Waals surface area contributed by atoms with E-state index in [9.17, 15) is 4.79 Å². The lowest BCUT2D eigenvalue weighted by Gasteiger charge is -2.18. The SMILES string of the molecule is CCCCN(C)c1ccnc(Nc2ccc(NC(C)=O)cc2)n1. The number of carbonyl (C=O) groups is 1. The first-order chi connectivity index (χ1) is 11.1. The highest BCUT2D eigenvalue weighted by Gasteiger charge is 2.05. The van der Waals surface area contributed by atoms with Gasteiger partial charge in [0.2, 0.25) is 11.9 Å². The maximum Gasteiger partial charge on any atom is 0.229 e. The maximum atomic E-state index is 11.0. The average Bonchev–Trinajstić information content (AvgIpc) is 2.54. The van der Waals surface area contributed by atoms with E-state index in [2.05, 4.69) is 32.4 Å². The van der Waals surface area contributed by atoms with E-state index in [1.54, 1.807) is 6.20 Å². The maximum absolute atomic E-state index is 11.0. The molecule has 0 unspecified atom stereocenters. The quantitative estimate of drug-likeness (QED) is 0.819. The molecule has 2 N–H and O–H groups in total. The summed E-state index contributed by atoms with van der Waals surface area (Å²) in [6.07, 6.45) is 4.04. The standard InChI is InChI=1S/C17H23N5O/c1-4-5-12-22(3)16-10-11-18-17(21-16)20-15-8-6-14(7-9-15)19-13(2)23/h6-11H,4-5,12H2,1-3H3,(H,19,23)(H,18,20,21). The van der Waals surface area contributed by atoms with Crippen LogP contribution in [-0.4, -0.2) is 29.5 Å². The fourth-order valence-electron chi connectivity index (χ4n) is 2.10. The number of anilines is 4. The second-order valence-electron chi connectivity index (χ2n) is 5.40. The van der Waals surface area contributed by atoms with Crippen molar-refractivity contribution < 1.29 is 4.79 Å². The smallest absolute Gasteiger partial charge is 0.229 e. The molecular weight excluding hydrogens is 290 g/mol. The lowest BCUT2D eigenvalue weighted by atomic mass is 10.3. The van der Waals surface area contributed by atoms with Crippen LogP contribution in [0.25, 0.3) is 0 Å². The van der Waals surface area contributed by atoms with Gasteiger partial charge in [-0.1, -0.05) is 13.3 Å². The van der Waals surface area contributed by atoms with Gasteiger partial charge in [0.25, 0.3) is 0 Å². The molecule has 0 aliphatic heterocycles. The molecule has 1 heterocycles. The summed E-state index contributed by atoms with van der Waals surface area (Å²) in [7, 11) is 2.03. The summed E-state index contributed by atoms with van der Waals surface area (Å²) in [5.41, 5.74) is 1.63. The van der Waals surface area contributed by atoms with Gasteiger partial charge in [-0.3, -0.25) is 4.79 Å². The third-order valence-electron chi connectivity index (χ3n) is 3.34. The summed E-state index contributed by atoms with van der Waals surface area (Å²) in [6.45, 7) is 4.63. The Morgan fingerprint density at radius 3 is 2.52 bits per heavy atom. The molecule has 0 aliphatic carbocycles. The summed E-state index contributed by atoms with van der Waals surface area (Å²) in [5, 5.41) is 5.91. The van der Waals surface area contributed by atoms with Crippen LogP contribution in [0.2, 0.25) is 0 Å². The second kappa shape index (κ2) is 8.12. The van der Waals surface area contributed by atoms with Gasteiger partial charge in [0.05, 0.1) is 0 Å². The van der Waals surface area contributed by atoms with Gasteiger partial charge in [-0.25, -0.2) is 4.98 Å². The molecule has 0 saturated carbocycles. The van der Waals surface area contributed by atoms with Crippen molar-refractivity contribution in [2.24, 2.45) is 0 Å². The number of hydrogen-bond acceptors (Lipinski definition) is 5. The molecule has 0 spiro atoms. The monoisotopic (exact) mass is 313 g/mol. The molecule has 1 aromatic heterocycles. The third kappa shape index (κ3) is 5.25. The number of rotatable bonds is 7. The number of nitrogens with one attached hydrogen (secondary N) is 2. The van der Waals surface area contributed by atoms with Crippen molar-refractivity contribution in [3.63, 3.8) is 0 Å². The summed E-state index contributed by atoms with van der Waals surface area (Å²) in [6, 6.07) is 9.33. The zero-order valence-corrected chi connectivity index (χ0v) is 13.8. The van der Waals surface area contributed by atoms with E-state index in [-0.39, 0.29) is 5.91 Å². The normalized spacial score (nSPS) is 10.2. The van der Waals surface area contributed by atoms with E-state index >= 15 is 0 Å². The number of nitrogens with zero attached hydrogens (tertiary/aromatic N) is 3. The van der Waals surface area contributed by atoms with Crippen molar-refractivity contribution in [1.29, 1.82) is 0 Å². The predicted molar refractivity (Wildman–Crippen MR) is 94.2 cm³/mol. The molecular formula is C17H23N5O. The molecule has 0 radical (unpaired) electrons. The molecule has 0 atom stereocenters. The Kier molecular flexibility index (Phi) is 5.91. The van der Waals surface area contributed by atoms with Gasteiger partial charge in [0, 0.05) is 38.1 Å². The Morgan fingerprint density at radius 1 is 1.17 bits per heavy atom. The third-order valence-corrected chi connectivity index (χ3v) is 3.34. The molecule has 0 bridgehead atoms. The van der Waals surface area contributed by atoms with E-state index in [1.807, 2.05) is 37.4 Å². The highest BCUT2D eigenvalue weighted by atomic mass is 16.1. The van der Waals surface area contributed by atoms with Crippen molar-refractivity contribution in [2.75, 3.05) is 29.1 Å². The number of aromatic nitrogens is 2. The minimum atomic E-state index is -0.0862. The van der Waals surface area contributed by atoms with Gasteiger partial charge in [-0.05, 0) is 36.8 Å². The average molecular weight is 313 g/mol. The lowest BCUT2D eigenvalue weighted by molar-refractivity contribution is -0.114. The Balaban J connectivity index is 2.03. The van der Waals surface area contributed by atoms with Crippen molar-refractivity contribution in [3.05, 3.63) is 36.5 Å². The van der Waals surface area contributed by atoms with Crippen molar-refractivity contribution >= 4 is 29.0 Å². The number of amides is 1. The number of benzene rings is 1. The molecule has 1 aromatic carbocycles. The van der Waals surface area contributed by atoms with E-state index in [1.165, 1.54) is 6.92 Å². The van der Waals surface area contributed by atoms with Crippen LogP contribution in [0, 0.1) is 0 Å². The molecule has 0 aliphatic rings. The van der Waals surface area contributed by atoms with E-state index < -0.39 is 0 Å². The second-order valence-corrected chi connectivity index (χ2v) is 5.40. The lowest BCUT2D eigenvalue weighted by Crippen LogP contribution is -2.19. The highest BCUT2D eigenvalue weighted by molar-refractivity contribution is 5.88. The molecule has 6 heteroatoms. The number of carbonyl (C=O) groups excluding carboxylic acids is 1. The molecule has 1 amide bonds. The van der Waals surface area contributed by atoms with Gasteiger partial charge in [-0.15, -0.1) is 0 Å². The highest BCUT2D eigenvalue weighted by Crippen LogP contribution is 2.18. The van der Waals surface area contributed by atoms with Crippen molar-refractivity contribution in [1.82, 2.24) is 9.97 Å². The summed E-state index contributed by atoms with van der Waals surface area (Å²) >= 11 is 0. The minimum absolute atomic E-state index is 0.0862. The number of unbranched alkanes of at least 4 members (excludes halogenated alkanes) is 1. The van der Waals surface area contributed by atoms with Crippen LogP contribution >= 0.6 is 0 Å². The Morgan fingerprint density at radius 2 is 1.87 bits per heavy atom. The molecule has 0 fully saturated rings. The van der Waals surface area contributed by atoms with Gasteiger partial charge in [0.1, 0.15) is 5.82 Å². The molecule has 0 saturated heterocycles. The Hall–Kier alpha value is -2.63. The first-order valence-corrected chi connectivity index (χ1v) is 7.77. The first kappa shape index (κ1) is 16.7. The predicted octanol–water partition coefficient (Wildman–Crippen LogP) is 3.41.